The van der Waals surface area contributed by atoms with Crippen LogP contribution in [0.4, 0.5) is 0 Å². The van der Waals surface area contributed by atoms with Crippen LogP contribution in [0.25, 0.3) is 21.9 Å². The average Bonchev–Trinajstić information content (AvgIpc) is 2.46. The molecule has 0 spiro atoms. The Morgan fingerprint density at radius 1 is 0.900 bits per heavy atom. The lowest BCUT2D eigenvalue weighted by Crippen LogP contribution is -2.01. The van der Waals surface area contributed by atoms with E-state index in [1.807, 2.05) is 36.4 Å². The molecule has 0 unspecified atom stereocenters. The monoisotopic (exact) mass is 264 g/mol. The van der Waals surface area contributed by atoms with Crippen molar-refractivity contribution in [1.82, 2.24) is 0 Å². The van der Waals surface area contributed by atoms with Crippen LogP contribution in [0.15, 0.2) is 60.7 Å². The fourth-order valence-corrected chi connectivity index (χ4v) is 2.40. The molecule has 0 radical (unpaired) electrons. The van der Waals surface area contributed by atoms with Gasteiger partial charge in [0.05, 0.1) is 5.56 Å². The zero-order chi connectivity index (χ0) is 14.1. The third-order valence-corrected chi connectivity index (χ3v) is 3.30. The van der Waals surface area contributed by atoms with E-state index in [-0.39, 0.29) is 11.3 Å². The highest BCUT2D eigenvalue weighted by molar-refractivity contribution is 6.09. The molecule has 3 nitrogen and oxygen atoms in total. The Morgan fingerprint density at radius 2 is 1.60 bits per heavy atom. The van der Waals surface area contributed by atoms with Crippen molar-refractivity contribution in [3.05, 3.63) is 66.2 Å². The number of fused-ring (bicyclic) bond motifs is 1. The summed E-state index contributed by atoms with van der Waals surface area (Å²) in [4.78, 5) is 11.6. The molecule has 0 aliphatic rings. The van der Waals surface area contributed by atoms with Crippen LogP contribution in [-0.4, -0.2) is 16.2 Å². The standard InChI is InChI=1S/C17H12O3/c18-13-8-6-12-7-9-14(11-4-2-1-3-5-11)16(17(19)20)15(12)10-13/h1-10,18H,(H,19,20). The summed E-state index contributed by atoms with van der Waals surface area (Å²) in [5.74, 6) is -0.940. The van der Waals surface area contributed by atoms with Gasteiger partial charge in [-0.25, -0.2) is 4.79 Å². The number of hydrogen-bond donors (Lipinski definition) is 2. The van der Waals surface area contributed by atoms with Gasteiger partial charge in [0.25, 0.3) is 0 Å². The molecule has 0 saturated heterocycles. The highest BCUT2D eigenvalue weighted by atomic mass is 16.4. The quantitative estimate of drug-likeness (QED) is 0.737. The molecule has 98 valence electrons. The second-order valence-corrected chi connectivity index (χ2v) is 4.56. The lowest BCUT2D eigenvalue weighted by molar-refractivity contribution is 0.0700. The van der Waals surface area contributed by atoms with E-state index in [0.29, 0.717) is 10.9 Å². The minimum Gasteiger partial charge on any atom is -0.508 e. The third kappa shape index (κ3) is 1.99. The molecule has 0 fully saturated rings. The Kier molecular flexibility index (Phi) is 2.88. The fraction of sp³-hybridized carbons (Fsp3) is 0. The zero-order valence-corrected chi connectivity index (χ0v) is 10.6. The van der Waals surface area contributed by atoms with Crippen LogP contribution in [0.5, 0.6) is 5.75 Å². The minimum absolute atomic E-state index is 0.0604. The van der Waals surface area contributed by atoms with Gasteiger partial charge < -0.3 is 10.2 Å². The number of rotatable bonds is 2. The van der Waals surface area contributed by atoms with Crippen LogP contribution in [0.3, 0.4) is 0 Å². The molecular formula is C17H12O3. The smallest absolute Gasteiger partial charge is 0.336 e. The molecule has 20 heavy (non-hydrogen) atoms. The van der Waals surface area contributed by atoms with Crippen LogP contribution >= 0.6 is 0 Å². The van der Waals surface area contributed by atoms with E-state index in [9.17, 15) is 15.0 Å². The van der Waals surface area contributed by atoms with E-state index < -0.39 is 5.97 Å². The van der Waals surface area contributed by atoms with Crippen molar-refractivity contribution in [1.29, 1.82) is 0 Å². The van der Waals surface area contributed by atoms with Crippen molar-refractivity contribution in [2.45, 2.75) is 0 Å². The molecule has 3 rings (SSSR count). The average molecular weight is 264 g/mol. The second kappa shape index (κ2) is 4.70. The predicted molar refractivity (Wildman–Crippen MR) is 78.0 cm³/mol. The van der Waals surface area contributed by atoms with Crippen molar-refractivity contribution in [3.8, 4) is 16.9 Å². The van der Waals surface area contributed by atoms with E-state index in [0.717, 1.165) is 10.9 Å². The summed E-state index contributed by atoms with van der Waals surface area (Å²) in [5, 5.41) is 20.5. The van der Waals surface area contributed by atoms with Crippen molar-refractivity contribution < 1.29 is 15.0 Å². The zero-order valence-electron chi connectivity index (χ0n) is 10.6. The summed E-state index contributed by atoms with van der Waals surface area (Å²) in [7, 11) is 0. The van der Waals surface area contributed by atoms with E-state index in [2.05, 4.69) is 0 Å². The molecule has 2 N–H and O–H groups in total. The molecule has 0 atom stereocenters. The molecule has 0 bridgehead atoms. The maximum Gasteiger partial charge on any atom is 0.336 e. The van der Waals surface area contributed by atoms with Gasteiger partial charge in [0.2, 0.25) is 0 Å². The number of aromatic hydroxyl groups is 1. The van der Waals surface area contributed by atoms with E-state index in [1.54, 1.807) is 18.2 Å². The van der Waals surface area contributed by atoms with Crippen molar-refractivity contribution >= 4 is 16.7 Å². The first kappa shape index (κ1) is 12.2. The first-order valence-corrected chi connectivity index (χ1v) is 6.21. The number of aromatic carboxylic acids is 1. The number of phenolic OH excluding ortho intramolecular Hbond substituents is 1. The Labute approximate surface area is 115 Å². The van der Waals surface area contributed by atoms with Crippen LogP contribution < -0.4 is 0 Å². The molecule has 0 heterocycles. The molecule has 3 aromatic rings. The van der Waals surface area contributed by atoms with Gasteiger partial charge in [-0.05, 0) is 28.6 Å². The first-order chi connectivity index (χ1) is 9.66. The maximum absolute atomic E-state index is 11.6. The predicted octanol–water partition coefficient (Wildman–Crippen LogP) is 3.91. The van der Waals surface area contributed by atoms with Gasteiger partial charge >= 0.3 is 5.97 Å². The van der Waals surface area contributed by atoms with Crippen molar-refractivity contribution in [2.24, 2.45) is 0 Å². The Morgan fingerprint density at radius 3 is 2.30 bits per heavy atom. The molecule has 0 amide bonds. The normalized spacial score (nSPS) is 10.6. The summed E-state index contributed by atoms with van der Waals surface area (Å²) in [6.07, 6.45) is 0. The van der Waals surface area contributed by atoms with Gasteiger partial charge in [0.1, 0.15) is 5.75 Å². The number of carbonyl (C=O) groups is 1. The summed E-state index contributed by atoms with van der Waals surface area (Å²) in [6.45, 7) is 0. The first-order valence-electron chi connectivity index (χ1n) is 6.21. The Balaban J connectivity index is 2.39. The van der Waals surface area contributed by atoms with Crippen LogP contribution in [-0.2, 0) is 0 Å². The highest BCUT2D eigenvalue weighted by Gasteiger charge is 2.16. The highest BCUT2D eigenvalue weighted by Crippen LogP contribution is 2.32. The molecule has 0 saturated carbocycles. The lowest BCUT2D eigenvalue weighted by atomic mass is 9.94. The number of hydrogen-bond acceptors (Lipinski definition) is 2. The molecular weight excluding hydrogens is 252 g/mol. The fourth-order valence-electron chi connectivity index (χ4n) is 2.40. The molecule has 3 heteroatoms. The number of carboxylic acids is 1. The molecule has 0 aliphatic carbocycles. The summed E-state index contributed by atoms with van der Waals surface area (Å²) < 4.78 is 0. The third-order valence-electron chi connectivity index (χ3n) is 3.30. The minimum atomic E-state index is -1.000. The molecule has 0 aromatic heterocycles. The Hall–Kier alpha value is -2.81. The van der Waals surface area contributed by atoms with Gasteiger partial charge in [-0.3, -0.25) is 0 Å². The largest absolute Gasteiger partial charge is 0.508 e. The number of benzene rings is 3. The van der Waals surface area contributed by atoms with Crippen LogP contribution in [0.1, 0.15) is 10.4 Å². The Bertz CT molecular complexity index is 792. The molecule has 0 aliphatic heterocycles. The van der Waals surface area contributed by atoms with Gasteiger partial charge in [0.15, 0.2) is 0 Å². The van der Waals surface area contributed by atoms with Gasteiger partial charge in [-0.1, -0.05) is 48.5 Å². The van der Waals surface area contributed by atoms with Crippen molar-refractivity contribution in [2.75, 3.05) is 0 Å². The van der Waals surface area contributed by atoms with Gasteiger partial charge in [-0.15, -0.1) is 0 Å². The van der Waals surface area contributed by atoms with E-state index in [1.165, 1.54) is 6.07 Å². The van der Waals surface area contributed by atoms with Gasteiger partial charge in [-0.2, -0.15) is 0 Å². The van der Waals surface area contributed by atoms with Crippen LogP contribution in [0, 0.1) is 0 Å². The van der Waals surface area contributed by atoms with Crippen molar-refractivity contribution in [3.63, 3.8) is 0 Å². The lowest BCUT2D eigenvalue weighted by Gasteiger charge is -2.10. The number of carboxylic acid groups (broad SMARTS) is 1. The summed E-state index contributed by atoms with van der Waals surface area (Å²) in [6, 6.07) is 17.8. The maximum atomic E-state index is 11.6. The van der Waals surface area contributed by atoms with Gasteiger partial charge in [0, 0.05) is 5.39 Å². The number of phenols is 1. The van der Waals surface area contributed by atoms with E-state index >= 15 is 0 Å². The summed E-state index contributed by atoms with van der Waals surface area (Å²) in [5.41, 5.74) is 1.70. The van der Waals surface area contributed by atoms with E-state index in [4.69, 9.17) is 0 Å². The topological polar surface area (TPSA) is 57.5 Å². The molecule has 3 aromatic carbocycles. The summed E-state index contributed by atoms with van der Waals surface area (Å²) >= 11 is 0. The second-order valence-electron chi connectivity index (χ2n) is 4.56. The van der Waals surface area contributed by atoms with Crippen LogP contribution in [0.2, 0.25) is 0 Å². The SMILES string of the molecule is O=C(O)c1c(-c2ccccc2)ccc2ccc(O)cc12.